The summed E-state index contributed by atoms with van der Waals surface area (Å²) in [6.07, 6.45) is 0. The SMILES string of the molecule is Cc1ccc(-n2c(SCC(=O)Nc3cccc(C)c3)nc3c([nH]c4ccccc43)c2=O)cc1. The van der Waals surface area contributed by atoms with Gasteiger partial charge in [0.05, 0.1) is 11.4 Å². The van der Waals surface area contributed by atoms with Crippen LogP contribution in [-0.4, -0.2) is 26.2 Å². The van der Waals surface area contributed by atoms with Crippen LogP contribution in [0.15, 0.2) is 82.7 Å². The molecule has 164 valence electrons. The lowest BCUT2D eigenvalue weighted by molar-refractivity contribution is -0.113. The highest BCUT2D eigenvalue weighted by Gasteiger charge is 2.18. The van der Waals surface area contributed by atoms with Gasteiger partial charge >= 0.3 is 0 Å². The van der Waals surface area contributed by atoms with Crippen molar-refractivity contribution in [1.29, 1.82) is 0 Å². The second-order valence-corrected chi connectivity index (χ2v) is 8.91. The van der Waals surface area contributed by atoms with Crippen LogP contribution >= 0.6 is 11.8 Å². The molecule has 0 atom stereocenters. The van der Waals surface area contributed by atoms with Crippen LogP contribution in [0, 0.1) is 13.8 Å². The summed E-state index contributed by atoms with van der Waals surface area (Å²) in [4.78, 5) is 34.2. The molecule has 5 rings (SSSR count). The number of fused-ring (bicyclic) bond motifs is 3. The largest absolute Gasteiger partial charge is 0.349 e. The van der Waals surface area contributed by atoms with Gasteiger partial charge in [-0.2, -0.15) is 0 Å². The normalized spacial score (nSPS) is 11.2. The molecule has 0 saturated carbocycles. The molecule has 0 bridgehead atoms. The zero-order valence-corrected chi connectivity index (χ0v) is 19.1. The smallest absolute Gasteiger partial charge is 0.283 e. The Morgan fingerprint density at radius 3 is 2.58 bits per heavy atom. The predicted octanol–water partition coefficient (Wildman–Crippen LogP) is 5.21. The lowest BCUT2D eigenvalue weighted by Crippen LogP contribution is -2.23. The van der Waals surface area contributed by atoms with Crippen LogP contribution < -0.4 is 10.9 Å². The fourth-order valence-corrected chi connectivity index (χ4v) is 4.62. The number of amides is 1. The predicted molar refractivity (Wildman–Crippen MR) is 134 cm³/mol. The third-order valence-corrected chi connectivity index (χ3v) is 6.36. The number of aromatic amines is 1. The van der Waals surface area contributed by atoms with Crippen molar-refractivity contribution < 1.29 is 4.79 Å². The van der Waals surface area contributed by atoms with Crippen molar-refractivity contribution in [2.24, 2.45) is 0 Å². The maximum Gasteiger partial charge on any atom is 0.283 e. The molecule has 7 heteroatoms. The molecular weight excluding hydrogens is 432 g/mol. The first kappa shape index (κ1) is 21.0. The molecule has 6 nitrogen and oxygen atoms in total. The average Bonchev–Trinajstić information content (AvgIpc) is 3.18. The lowest BCUT2D eigenvalue weighted by Gasteiger charge is -2.12. The standard InChI is InChI=1S/C26H22N4O2S/c1-16-10-12-19(13-11-16)30-25(32)24-23(20-8-3-4-9-21(20)28-24)29-26(30)33-15-22(31)27-18-7-5-6-17(2)14-18/h3-14,28H,15H2,1-2H3,(H,27,31). The van der Waals surface area contributed by atoms with Gasteiger partial charge in [0, 0.05) is 16.6 Å². The van der Waals surface area contributed by atoms with E-state index in [4.69, 9.17) is 4.98 Å². The molecule has 0 radical (unpaired) electrons. The molecule has 0 aliphatic carbocycles. The van der Waals surface area contributed by atoms with Crippen LogP contribution in [0.2, 0.25) is 0 Å². The number of H-pyrrole nitrogens is 1. The Balaban J connectivity index is 1.56. The summed E-state index contributed by atoms with van der Waals surface area (Å²) in [6.45, 7) is 3.97. The molecule has 1 amide bonds. The van der Waals surface area contributed by atoms with Gasteiger partial charge in [-0.05, 0) is 49.7 Å². The minimum Gasteiger partial charge on any atom is -0.349 e. The van der Waals surface area contributed by atoms with Gasteiger partial charge in [0.25, 0.3) is 5.56 Å². The Morgan fingerprint density at radius 1 is 1.00 bits per heavy atom. The summed E-state index contributed by atoms with van der Waals surface area (Å²) in [5.74, 6) is -0.0329. The maximum absolute atomic E-state index is 13.6. The Kier molecular flexibility index (Phi) is 5.48. The number of nitrogens with zero attached hydrogens (tertiary/aromatic N) is 2. The molecule has 0 aliphatic rings. The van der Waals surface area contributed by atoms with E-state index < -0.39 is 0 Å². The number of anilines is 1. The van der Waals surface area contributed by atoms with Gasteiger partial charge in [-0.3, -0.25) is 14.2 Å². The molecular formula is C26H22N4O2S. The number of rotatable bonds is 5. The first-order valence-electron chi connectivity index (χ1n) is 10.6. The van der Waals surface area contributed by atoms with E-state index in [-0.39, 0.29) is 17.2 Å². The van der Waals surface area contributed by atoms with Crippen molar-refractivity contribution >= 4 is 45.3 Å². The molecule has 2 heterocycles. The number of benzene rings is 3. The van der Waals surface area contributed by atoms with E-state index in [1.165, 1.54) is 11.8 Å². The molecule has 2 N–H and O–H groups in total. The highest BCUT2D eigenvalue weighted by molar-refractivity contribution is 7.99. The second kappa shape index (κ2) is 8.60. The molecule has 0 unspecified atom stereocenters. The van der Waals surface area contributed by atoms with Crippen LogP contribution in [0.3, 0.4) is 0 Å². The Labute approximate surface area is 194 Å². The molecule has 2 aromatic heterocycles. The summed E-state index contributed by atoms with van der Waals surface area (Å²) < 4.78 is 1.57. The fourth-order valence-electron chi connectivity index (χ4n) is 3.81. The number of hydrogen-bond acceptors (Lipinski definition) is 4. The molecule has 0 saturated heterocycles. The van der Waals surface area contributed by atoms with E-state index in [1.54, 1.807) is 4.57 Å². The van der Waals surface area contributed by atoms with Crippen molar-refractivity contribution in [3.63, 3.8) is 0 Å². The highest BCUT2D eigenvalue weighted by Crippen LogP contribution is 2.26. The van der Waals surface area contributed by atoms with Gasteiger partial charge in [0.15, 0.2) is 5.16 Å². The highest BCUT2D eigenvalue weighted by atomic mass is 32.2. The van der Waals surface area contributed by atoms with E-state index in [0.717, 1.165) is 27.7 Å². The summed E-state index contributed by atoms with van der Waals surface area (Å²) in [6, 6.07) is 23.1. The number of hydrogen-bond donors (Lipinski definition) is 2. The van der Waals surface area contributed by atoms with Crippen molar-refractivity contribution in [2.45, 2.75) is 19.0 Å². The third-order valence-electron chi connectivity index (χ3n) is 5.42. The summed E-state index contributed by atoms with van der Waals surface area (Å²) in [5, 5.41) is 4.27. The molecule has 3 aromatic carbocycles. The number of nitrogens with one attached hydrogen (secondary N) is 2. The second-order valence-electron chi connectivity index (χ2n) is 7.97. The number of aryl methyl sites for hydroxylation is 2. The van der Waals surface area contributed by atoms with E-state index >= 15 is 0 Å². The van der Waals surface area contributed by atoms with Gasteiger partial charge < -0.3 is 10.3 Å². The van der Waals surface area contributed by atoms with Gasteiger partial charge in [0.2, 0.25) is 5.91 Å². The van der Waals surface area contributed by atoms with Gasteiger partial charge in [-0.25, -0.2) is 4.98 Å². The van der Waals surface area contributed by atoms with Crippen molar-refractivity contribution in [3.8, 4) is 5.69 Å². The quantitative estimate of drug-likeness (QED) is 0.282. The van der Waals surface area contributed by atoms with Crippen LogP contribution in [0.25, 0.3) is 27.6 Å². The zero-order chi connectivity index (χ0) is 22.9. The van der Waals surface area contributed by atoms with Crippen LogP contribution in [-0.2, 0) is 4.79 Å². The van der Waals surface area contributed by atoms with E-state index in [9.17, 15) is 9.59 Å². The first-order chi connectivity index (χ1) is 16.0. The number of carbonyl (C=O) groups excluding carboxylic acids is 1. The fraction of sp³-hybridized carbons (Fsp3) is 0.115. The molecule has 0 spiro atoms. The third kappa shape index (κ3) is 4.15. The molecule has 0 aliphatic heterocycles. The lowest BCUT2D eigenvalue weighted by atomic mass is 10.2. The summed E-state index contributed by atoms with van der Waals surface area (Å²) in [7, 11) is 0. The monoisotopic (exact) mass is 454 g/mol. The minimum absolute atomic E-state index is 0.125. The Bertz CT molecular complexity index is 1550. The Morgan fingerprint density at radius 2 is 1.79 bits per heavy atom. The average molecular weight is 455 g/mol. The topological polar surface area (TPSA) is 79.8 Å². The molecule has 33 heavy (non-hydrogen) atoms. The van der Waals surface area contributed by atoms with Crippen molar-refractivity contribution in [1.82, 2.24) is 14.5 Å². The van der Waals surface area contributed by atoms with E-state index in [0.29, 0.717) is 21.9 Å². The van der Waals surface area contributed by atoms with Gasteiger partial charge in [-0.1, -0.05) is 59.8 Å². The first-order valence-corrected chi connectivity index (χ1v) is 11.6. The molecule has 5 aromatic rings. The zero-order valence-electron chi connectivity index (χ0n) is 18.3. The minimum atomic E-state index is -0.193. The van der Waals surface area contributed by atoms with E-state index in [2.05, 4.69) is 10.3 Å². The molecule has 0 fully saturated rings. The van der Waals surface area contributed by atoms with Crippen LogP contribution in [0.1, 0.15) is 11.1 Å². The number of para-hydroxylation sites is 1. The van der Waals surface area contributed by atoms with Crippen molar-refractivity contribution in [2.75, 3.05) is 11.1 Å². The van der Waals surface area contributed by atoms with Gasteiger partial charge in [-0.15, -0.1) is 0 Å². The Hall–Kier alpha value is -3.84. The number of thioether (sulfide) groups is 1. The van der Waals surface area contributed by atoms with Gasteiger partial charge in [0.1, 0.15) is 11.0 Å². The van der Waals surface area contributed by atoms with Crippen LogP contribution in [0.4, 0.5) is 5.69 Å². The summed E-state index contributed by atoms with van der Waals surface area (Å²) in [5.41, 5.74) is 5.34. The maximum atomic E-state index is 13.6. The van der Waals surface area contributed by atoms with Crippen LogP contribution in [0.5, 0.6) is 0 Å². The van der Waals surface area contributed by atoms with Crippen molar-refractivity contribution in [3.05, 3.63) is 94.3 Å². The van der Waals surface area contributed by atoms with E-state index in [1.807, 2.05) is 86.6 Å². The summed E-state index contributed by atoms with van der Waals surface area (Å²) >= 11 is 1.24. The number of aromatic nitrogens is 3. The number of carbonyl (C=O) groups is 1.